The van der Waals surface area contributed by atoms with Gasteiger partial charge in [0.05, 0.1) is 12.6 Å². The summed E-state index contributed by atoms with van der Waals surface area (Å²) in [7, 11) is 0. The van der Waals surface area contributed by atoms with Gasteiger partial charge in [0.2, 0.25) is 0 Å². The summed E-state index contributed by atoms with van der Waals surface area (Å²) < 4.78 is 6.22. The van der Waals surface area contributed by atoms with Crippen LogP contribution in [0.5, 0.6) is 5.75 Å². The van der Waals surface area contributed by atoms with Crippen molar-refractivity contribution < 1.29 is 9.84 Å². The summed E-state index contributed by atoms with van der Waals surface area (Å²) in [6, 6.07) is 18.5. The first-order valence-electron chi connectivity index (χ1n) is 13.1. The van der Waals surface area contributed by atoms with Crippen molar-refractivity contribution in [3.8, 4) is 5.75 Å². The molecule has 178 valence electrons. The molecule has 1 aromatic heterocycles. The average Bonchev–Trinajstić information content (AvgIpc) is 3.50. The number of β-amino-alcohol motifs (C(OH)–C–C–N with tert-alkyl or cyclic N) is 1. The van der Waals surface area contributed by atoms with E-state index in [1.54, 1.807) is 0 Å². The maximum atomic E-state index is 9.10. The molecule has 2 N–H and O–H groups in total. The van der Waals surface area contributed by atoms with Crippen molar-refractivity contribution in [2.45, 2.75) is 62.8 Å². The molecule has 5 nitrogen and oxygen atoms in total. The Hall–Kier alpha value is -2.34. The third-order valence-corrected chi connectivity index (χ3v) is 9.11. The molecule has 3 aliphatic carbocycles. The molecule has 3 heterocycles. The van der Waals surface area contributed by atoms with Gasteiger partial charge < -0.3 is 14.8 Å². The molecular weight excluding hydrogens is 422 g/mol. The highest BCUT2D eigenvalue weighted by Crippen LogP contribution is 2.60. The van der Waals surface area contributed by atoms with Gasteiger partial charge in [-0.1, -0.05) is 30.3 Å². The van der Waals surface area contributed by atoms with Gasteiger partial charge in [-0.25, -0.2) is 0 Å². The standard InChI is InChI=1S/C29H35N3O2/c1-19-14-25-24-4-2-3-5-26(24)30-27(25)28(32(19)29-11-10-20(15-29)16-29)21-6-8-22(9-7-21)34-23-17-31(18-23)12-13-33/h2-9,19-20,23,28,30,33H,10-18H2,1H3/t19-,20?,28-,29?/m1/s1. The highest BCUT2D eigenvalue weighted by Gasteiger charge is 2.58. The Morgan fingerprint density at radius 1 is 1.09 bits per heavy atom. The molecular formula is C29H35N3O2. The molecule has 4 fully saturated rings. The maximum Gasteiger partial charge on any atom is 0.124 e. The first-order chi connectivity index (χ1) is 16.6. The van der Waals surface area contributed by atoms with Gasteiger partial charge in [-0.15, -0.1) is 0 Å². The minimum Gasteiger partial charge on any atom is -0.488 e. The second kappa shape index (κ2) is 7.84. The number of nitrogens with one attached hydrogen (secondary N) is 1. The van der Waals surface area contributed by atoms with E-state index in [0.29, 0.717) is 11.6 Å². The lowest BCUT2D eigenvalue weighted by Gasteiger charge is -2.55. The molecule has 0 unspecified atom stereocenters. The average molecular weight is 458 g/mol. The predicted octanol–water partition coefficient (Wildman–Crippen LogP) is 4.50. The molecule has 5 heteroatoms. The number of H-pyrrole nitrogens is 1. The number of aromatic nitrogens is 1. The van der Waals surface area contributed by atoms with E-state index < -0.39 is 0 Å². The van der Waals surface area contributed by atoms with Crippen LogP contribution < -0.4 is 4.74 Å². The molecule has 3 saturated carbocycles. The number of likely N-dealkylation sites (tertiary alicyclic amines) is 1. The molecule has 2 aliphatic heterocycles. The van der Waals surface area contributed by atoms with Crippen LogP contribution in [0.2, 0.25) is 0 Å². The molecule has 3 aromatic rings. The van der Waals surface area contributed by atoms with Gasteiger partial charge in [-0.05, 0) is 74.3 Å². The number of aliphatic hydroxyl groups excluding tert-OH is 1. The van der Waals surface area contributed by atoms with Crippen LogP contribution in [0.4, 0.5) is 0 Å². The number of ether oxygens (including phenoxy) is 1. The van der Waals surface area contributed by atoms with E-state index in [1.807, 2.05) is 0 Å². The van der Waals surface area contributed by atoms with Crippen LogP contribution in [-0.4, -0.2) is 63.8 Å². The number of benzene rings is 2. The maximum absolute atomic E-state index is 9.10. The number of hydrogen-bond acceptors (Lipinski definition) is 4. The van der Waals surface area contributed by atoms with Crippen LogP contribution in [0.1, 0.15) is 55.5 Å². The first kappa shape index (κ1) is 21.0. The fourth-order valence-corrected chi connectivity index (χ4v) is 7.61. The Morgan fingerprint density at radius 3 is 2.62 bits per heavy atom. The fraction of sp³-hybridized carbons (Fsp3) is 0.517. The van der Waals surface area contributed by atoms with E-state index >= 15 is 0 Å². The van der Waals surface area contributed by atoms with Crippen LogP contribution in [-0.2, 0) is 6.42 Å². The number of aliphatic hydroxyl groups is 1. The van der Waals surface area contributed by atoms with Crippen molar-refractivity contribution in [1.82, 2.24) is 14.8 Å². The third-order valence-electron chi connectivity index (χ3n) is 9.11. The van der Waals surface area contributed by atoms with Crippen molar-refractivity contribution in [3.63, 3.8) is 0 Å². The Labute approximate surface area is 201 Å². The van der Waals surface area contributed by atoms with Crippen molar-refractivity contribution in [2.75, 3.05) is 26.2 Å². The third kappa shape index (κ3) is 3.17. The van der Waals surface area contributed by atoms with Crippen molar-refractivity contribution >= 4 is 10.9 Å². The van der Waals surface area contributed by atoms with Gasteiger partial charge in [0.25, 0.3) is 0 Å². The summed E-state index contributed by atoms with van der Waals surface area (Å²) in [4.78, 5) is 8.97. The Bertz CT molecular complexity index is 1180. The molecule has 2 bridgehead atoms. The van der Waals surface area contributed by atoms with Gasteiger partial charge in [-0.2, -0.15) is 0 Å². The second-order valence-electron chi connectivity index (χ2n) is 11.3. The van der Waals surface area contributed by atoms with Crippen molar-refractivity contribution in [1.29, 1.82) is 0 Å². The van der Waals surface area contributed by atoms with E-state index in [1.165, 1.54) is 53.4 Å². The minimum absolute atomic E-state index is 0.218. The summed E-state index contributed by atoms with van der Waals surface area (Å²) in [6.45, 7) is 5.21. The van der Waals surface area contributed by atoms with Crippen LogP contribution in [0.15, 0.2) is 48.5 Å². The first-order valence-corrected chi connectivity index (χ1v) is 13.1. The van der Waals surface area contributed by atoms with E-state index in [4.69, 9.17) is 9.84 Å². The Balaban J connectivity index is 1.23. The number of hydrogen-bond donors (Lipinski definition) is 2. The SMILES string of the molecule is C[C@@H]1Cc2c([nH]c3ccccc23)[C@@H](c2ccc(OC3CN(CCO)C3)cc2)N1C12CCC(C1)C2. The Morgan fingerprint density at radius 2 is 1.88 bits per heavy atom. The summed E-state index contributed by atoms with van der Waals surface area (Å²) in [5.74, 6) is 1.90. The molecule has 0 amide bonds. The minimum atomic E-state index is 0.218. The zero-order valence-corrected chi connectivity index (χ0v) is 20.0. The van der Waals surface area contributed by atoms with Gasteiger partial charge >= 0.3 is 0 Å². The molecule has 0 spiro atoms. The second-order valence-corrected chi connectivity index (χ2v) is 11.3. The zero-order valence-electron chi connectivity index (χ0n) is 20.0. The van der Waals surface area contributed by atoms with Crippen molar-refractivity contribution in [3.05, 3.63) is 65.4 Å². The summed E-state index contributed by atoms with van der Waals surface area (Å²) >= 11 is 0. The van der Waals surface area contributed by atoms with Gasteiger partial charge in [-0.3, -0.25) is 9.80 Å². The molecule has 1 saturated heterocycles. The number of fused-ring (bicyclic) bond motifs is 4. The van der Waals surface area contributed by atoms with Crippen LogP contribution in [0, 0.1) is 5.92 Å². The molecule has 34 heavy (non-hydrogen) atoms. The van der Waals surface area contributed by atoms with Gasteiger partial charge in [0.15, 0.2) is 0 Å². The van der Waals surface area contributed by atoms with Crippen LogP contribution in [0.25, 0.3) is 10.9 Å². The van der Waals surface area contributed by atoms with Crippen molar-refractivity contribution in [2.24, 2.45) is 5.92 Å². The lowest BCUT2D eigenvalue weighted by molar-refractivity contribution is -0.0339. The summed E-state index contributed by atoms with van der Waals surface area (Å²) in [5.41, 5.74) is 5.91. The monoisotopic (exact) mass is 457 g/mol. The topological polar surface area (TPSA) is 51.7 Å². The molecule has 0 radical (unpaired) electrons. The highest BCUT2D eigenvalue weighted by molar-refractivity contribution is 5.85. The fourth-order valence-electron chi connectivity index (χ4n) is 7.61. The quantitative estimate of drug-likeness (QED) is 0.572. The normalized spacial score (nSPS) is 31.3. The van der Waals surface area contributed by atoms with E-state index in [-0.39, 0.29) is 18.8 Å². The van der Waals surface area contributed by atoms with Gasteiger partial charge in [0, 0.05) is 47.8 Å². The number of aromatic amines is 1. The van der Waals surface area contributed by atoms with E-state index in [0.717, 1.165) is 37.7 Å². The molecule has 2 aromatic carbocycles. The van der Waals surface area contributed by atoms with Gasteiger partial charge in [0.1, 0.15) is 11.9 Å². The molecule has 5 aliphatic rings. The molecule has 8 rings (SSSR count). The van der Waals surface area contributed by atoms with Crippen LogP contribution >= 0.6 is 0 Å². The van der Waals surface area contributed by atoms with E-state index in [2.05, 4.69) is 70.2 Å². The molecule has 2 atom stereocenters. The summed E-state index contributed by atoms with van der Waals surface area (Å²) in [6.07, 6.45) is 6.84. The summed E-state index contributed by atoms with van der Waals surface area (Å²) in [5, 5.41) is 10.5. The smallest absolute Gasteiger partial charge is 0.124 e. The number of nitrogens with zero attached hydrogens (tertiary/aromatic N) is 2. The van der Waals surface area contributed by atoms with E-state index in [9.17, 15) is 0 Å². The lowest BCUT2D eigenvalue weighted by Crippen LogP contribution is -2.59. The number of rotatable bonds is 6. The largest absolute Gasteiger partial charge is 0.488 e. The van der Waals surface area contributed by atoms with Crippen LogP contribution in [0.3, 0.4) is 0 Å². The zero-order chi connectivity index (χ0) is 22.9. The predicted molar refractivity (Wildman–Crippen MR) is 134 cm³/mol. The highest BCUT2D eigenvalue weighted by atomic mass is 16.5. The lowest BCUT2D eigenvalue weighted by atomic mass is 9.72. The Kier molecular flexibility index (Phi) is 4.84. The number of para-hydroxylation sites is 1.